The van der Waals surface area contributed by atoms with Gasteiger partial charge in [-0.2, -0.15) is 0 Å². The number of ketones is 1. The van der Waals surface area contributed by atoms with Gasteiger partial charge in [0, 0.05) is 5.92 Å². The third-order valence-electron chi connectivity index (χ3n) is 5.98. The fourth-order valence-corrected chi connectivity index (χ4v) is 6.23. The molecule has 1 aromatic carbocycles. The minimum Gasteiger partial charge on any atom is -0.298 e. The molecule has 1 aromatic rings. The average Bonchev–Trinajstić information content (AvgIpc) is 2.88. The molecular formula is C17H23NO3S. The van der Waals surface area contributed by atoms with Gasteiger partial charge in [0.2, 0.25) is 10.0 Å². The summed E-state index contributed by atoms with van der Waals surface area (Å²) >= 11 is 0. The van der Waals surface area contributed by atoms with E-state index in [-0.39, 0.29) is 29.0 Å². The summed E-state index contributed by atoms with van der Waals surface area (Å²) in [6, 6.07) is 7.24. The van der Waals surface area contributed by atoms with Crippen molar-refractivity contribution in [3.63, 3.8) is 0 Å². The smallest absolute Gasteiger partial charge is 0.243 e. The van der Waals surface area contributed by atoms with Crippen LogP contribution >= 0.6 is 0 Å². The Labute approximate surface area is 132 Å². The first-order valence-electron chi connectivity index (χ1n) is 7.77. The summed E-state index contributed by atoms with van der Waals surface area (Å²) in [7, 11) is -3.71. The highest BCUT2D eigenvalue weighted by Gasteiger charge is 2.63. The van der Waals surface area contributed by atoms with E-state index in [2.05, 4.69) is 25.5 Å². The number of anilines is 1. The van der Waals surface area contributed by atoms with Gasteiger partial charge in [-0.05, 0) is 42.2 Å². The van der Waals surface area contributed by atoms with Crippen molar-refractivity contribution in [3.8, 4) is 0 Å². The summed E-state index contributed by atoms with van der Waals surface area (Å²) in [6.45, 7) is 8.10. The average molecular weight is 321 g/mol. The molecule has 22 heavy (non-hydrogen) atoms. The van der Waals surface area contributed by atoms with E-state index in [4.69, 9.17) is 0 Å². The Morgan fingerprint density at radius 2 is 1.86 bits per heavy atom. The number of para-hydroxylation sites is 1. The van der Waals surface area contributed by atoms with Crippen LogP contribution in [0.15, 0.2) is 24.3 Å². The predicted octanol–water partition coefficient (Wildman–Crippen LogP) is 2.99. The largest absolute Gasteiger partial charge is 0.298 e. The van der Waals surface area contributed by atoms with Gasteiger partial charge in [0.05, 0.1) is 5.69 Å². The third-order valence-corrected chi connectivity index (χ3v) is 7.72. The van der Waals surface area contributed by atoms with E-state index in [9.17, 15) is 13.2 Å². The normalized spacial score (nSPS) is 33.2. The number of carbonyl (C=O) groups is 1. The molecule has 0 spiro atoms. The van der Waals surface area contributed by atoms with Crippen LogP contribution in [-0.4, -0.2) is 19.5 Å². The Morgan fingerprint density at radius 1 is 1.23 bits per heavy atom. The van der Waals surface area contributed by atoms with Crippen LogP contribution in [0.3, 0.4) is 0 Å². The number of nitrogens with one attached hydrogen (secondary N) is 1. The fourth-order valence-electron chi connectivity index (χ4n) is 4.20. The lowest BCUT2D eigenvalue weighted by Crippen LogP contribution is -2.48. The van der Waals surface area contributed by atoms with E-state index in [0.29, 0.717) is 12.1 Å². The van der Waals surface area contributed by atoms with Gasteiger partial charge in [-0.15, -0.1) is 0 Å². The van der Waals surface area contributed by atoms with Crippen molar-refractivity contribution in [2.75, 3.05) is 4.72 Å². The molecule has 2 aliphatic carbocycles. The molecule has 0 radical (unpaired) electrons. The Balaban J connectivity index is 1.94. The summed E-state index contributed by atoms with van der Waals surface area (Å²) in [6.07, 6.45) is 0.701. The van der Waals surface area contributed by atoms with Crippen LogP contribution in [0.1, 0.15) is 32.8 Å². The van der Waals surface area contributed by atoms with Crippen molar-refractivity contribution in [1.29, 1.82) is 0 Å². The van der Waals surface area contributed by atoms with Crippen LogP contribution in [0.4, 0.5) is 5.69 Å². The monoisotopic (exact) mass is 321 g/mol. The molecule has 2 fully saturated rings. The standard InChI is InChI=1S/C17H23NO3S/c1-10-7-5-6-8-14(10)18-22(20,21)16-13-9-12(15(16)19)11(2)17(13,3)4/h5-8,11-13,16,18H,9H2,1-4H3/t11-,12+,13-,16+/m1/s1. The Hall–Kier alpha value is -1.36. The molecule has 0 aliphatic heterocycles. The lowest BCUT2D eigenvalue weighted by atomic mass is 9.69. The molecule has 0 heterocycles. The highest BCUT2D eigenvalue weighted by atomic mass is 32.2. The number of hydrogen-bond donors (Lipinski definition) is 1. The minimum atomic E-state index is -3.71. The van der Waals surface area contributed by atoms with Crippen LogP contribution < -0.4 is 4.72 Å². The second-order valence-corrected chi connectivity index (χ2v) is 9.15. The number of carbonyl (C=O) groups excluding carboxylic acids is 1. The van der Waals surface area contributed by atoms with Crippen LogP contribution in [0.25, 0.3) is 0 Å². The predicted molar refractivity (Wildman–Crippen MR) is 87.1 cm³/mol. The lowest BCUT2D eigenvalue weighted by molar-refractivity contribution is -0.125. The van der Waals surface area contributed by atoms with Crippen LogP contribution in [0, 0.1) is 30.1 Å². The molecular weight excluding hydrogens is 298 g/mol. The SMILES string of the molecule is Cc1ccccc1NS(=O)(=O)[C@@H]1C(=O)[C@H]2C[C@H]1C(C)(C)[C@@H]2C. The Kier molecular flexibility index (Phi) is 3.40. The second kappa shape index (κ2) is 4.82. The maximum absolute atomic E-state index is 12.8. The van der Waals surface area contributed by atoms with Crippen molar-refractivity contribution in [1.82, 2.24) is 0 Å². The highest BCUT2D eigenvalue weighted by molar-refractivity contribution is 7.94. The summed E-state index contributed by atoms with van der Waals surface area (Å²) in [5, 5.41) is -0.914. The molecule has 120 valence electrons. The molecule has 0 saturated heterocycles. The van der Waals surface area contributed by atoms with Gasteiger partial charge in [-0.3, -0.25) is 9.52 Å². The first kappa shape index (κ1) is 15.5. The molecule has 5 heteroatoms. The van der Waals surface area contributed by atoms with Crippen molar-refractivity contribution >= 4 is 21.5 Å². The number of rotatable bonds is 3. The van der Waals surface area contributed by atoms with Gasteiger partial charge in [0.1, 0.15) is 5.25 Å². The zero-order valence-corrected chi connectivity index (χ0v) is 14.3. The first-order chi connectivity index (χ1) is 10.2. The molecule has 3 rings (SSSR count). The molecule has 0 aromatic heterocycles. The van der Waals surface area contributed by atoms with Gasteiger partial charge in [0.25, 0.3) is 0 Å². The maximum Gasteiger partial charge on any atom is 0.243 e. The molecule has 2 bridgehead atoms. The van der Waals surface area contributed by atoms with E-state index in [1.54, 1.807) is 12.1 Å². The van der Waals surface area contributed by atoms with E-state index >= 15 is 0 Å². The molecule has 2 aliphatic rings. The second-order valence-electron chi connectivity index (χ2n) is 7.34. The van der Waals surface area contributed by atoms with Crippen LogP contribution in [0.5, 0.6) is 0 Å². The molecule has 1 N–H and O–H groups in total. The quantitative estimate of drug-likeness (QED) is 0.931. The number of hydrogen-bond acceptors (Lipinski definition) is 3. The topological polar surface area (TPSA) is 63.2 Å². The summed E-state index contributed by atoms with van der Waals surface area (Å²) < 4.78 is 28.3. The molecule has 4 atom stereocenters. The Morgan fingerprint density at radius 3 is 2.45 bits per heavy atom. The Bertz CT molecular complexity index is 723. The summed E-state index contributed by atoms with van der Waals surface area (Å²) in [5.41, 5.74) is 1.29. The van der Waals surface area contributed by atoms with E-state index in [1.165, 1.54) is 0 Å². The van der Waals surface area contributed by atoms with Crippen LogP contribution in [-0.2, 0) is 14.8 Å². The molecule has 4 nitrogen and oxygen atoms in total. The number of aryl methyl sites for hydroxylation is 1. The third kappa shape index (κ3) is 2.09. The van der Waals surface area contributed by atoms with Crippen molar-refractivity contribution in [3.05, 3.63) is 29.8 Å². The van der Waals surface area contributed by atoms with Gasteiger partial charge >= 0.3 is 0 Å². The van der Waals surface area contributed by atoms with Crippen LogP contribution in [0.2, 0.25) is 0 Å². The number of Topliss-reactive ketones (excluding diaryl/α,β-unsaturated/α-hetero) is 1. The van der Waals surface area contributed by atoms with Gasteiger partial charge < -0.3 is 0 Å². The zero-order chi connectivity index (χ0) is 16.3. The minimum absolute atomic E-state index is 0.0958. The summed E-state index contributed by atoms with van der Waals surface area (Å²) in [5.74, 6) is -0.0622. The fraction of sp³-hybridized carbons (Fsp3) is 0.588. The number of sulfonamides is 1. The van der Waals surface area contributed by atoms with Crippen molar-refractivity contribution < 1.29 is 13.2 Å². The molecule has 2 saturated carbocycles. The van der Waals surface area contributed by atoms with E-state index in [0.717, 1.165) is 5.56 Å². The molecule has 0 amide bonds. The van der Waals surface area contributed by atoms with Crippen molar-refractivity contribution in [2.24, 2.45) is 23.2 Å². The van der Waals surface area contributed by atoms with E-state index < -0.39 is 15.3 Å². The van der Waals surface area contributed by atoms with Gasteiger partial charge in [-0.1, -0.05) is 39.0 Å². The lowest BCUT2D eigenvalue weighted by Gasteiger charge is -2.39. The highest BCUT2D eigenvalue weighted by Crippen LogP contribution is 2.59. The van der Waals surface area contributed by atoms with Gasteiger partial charge in [-0.25, -0.2) is 8.42 Å². The number of benzene rings is 1. The molecule has 0 unspecified atom stereocenters. The van der Waals surface area contributed by atoms with Gasteiger partial charge in [0.15, 0.2) is 5.78 Å². The summed E-state index contributed by atoms with van der Waals surface area (Å²) in [4.78, 5) is 12.6. The number of fused-ring (bicyclic) bond motifs is 2. The maximum atomic E-state index is 12.8. The van der Waals surface area contributed by atoms with Crippen molar-refractivity contribution in [2.45, 2.75) is 39.4 Å². The first-order valence-corrected chi connectivity index (χ1v) is 9.32. The zero-order valence-electron chi connectivity index (χ0n) is 13.5. The van der Waals surface area contributed by atoms with E-state index in [1.807, 2.05) is 19.1 Å².